The highest BCUT2D eigenvalue weighted by Crippen LogP contribution is 2.44. The van der Waals surface area contributed by atoms with Crippen LogP contribution in [-0.2, 0) is 13.0 Å². The zero-order valence-electron chi connectivity index (χ0n) is 18.3. The zero-order valence-corrected chi connectivity index (χ0v) is 19.1. The molecule has 3 aliphatic rings. The van der Waals surface area contributed by atoms with Crippen LogP contribution in [0.2, 0.25) is 5.02 Å². The van der Waals surface area contributed by atoms with Crippen molar-refractivity contribution in [2.75, 3.05) is 6.54 Å². The molecule has 0 N–H and O–H groups in total. The molecule has 30 heavy (non-hydrogen) atoms. The number of nitrogens with zero attached hydrogens (tertiary/aromatic N) is 1. The van der Waals surface area contributed by atoms with Crippen LogP contribution in [0.1, 0.15) is 62.0 Å². The van der Waals surface area contributed by atoms with Crippen LogP contribution in [0.5, 0.6) is 5.75 Å². The van der Waals surface area contributed by atoms with E-state index >= 15 is 0 Å². The van der Waals surface area contributed by atoms with Gasteiger partial charge in [0.1, 0.15) is 12.4 Å². The topological polar surface area (TPSA) is 29.5 Å². The molecule has 0 saturated carbocycles. The zero-order chi connectivity index (χ0) is 21.2. The summed E-state index contributed by atoms with van der Waals surface area (Å²) in [5.74, 6) is 1.84. The van der Waals surface area contributed by atoms with Gasteiger partial charge < -0.3 is 4.74 Å². The number of ketones is 1. The Labute approximate surface area is 184 Å². The fourth-order valence-electron chi connectivity index (χ4n) is 5.74. The Morgan fingerprint density at radius 1 is 1.07 bits per heavy atom. The standard InChI is InChI=1S/C26H30ClNO2/c1-15-9-23(28(13-15)26(2,3)4)20-7-5-16-11-22-19-8-6-18(27)10-17(19)14-30-24(22)12-21(16)25(20)29/h6,8,10-12,15,20,23H,5,7,9,13-14H2,1-4H3/t15-,20?,23-/m0/s1. The summed E-state index contributed by atoms with van der Waals surface area (Å²) in [6.07, 6.45) is 2.99. The number of likely N-dealkylation sites (tertiary alicyclic amines) is 1. The van der Waals surface area contributed by atoms with E-state index in [-0.39, 0.29) is 11.5 Å². The Hall–Kier alpha value is -1.84. The van der Waals surface area contributed by atoms with E-state index in [1.54, 1.807) is 0 Å². The maximum atomic E-state index is 13.7. The molecule has 2 aliphatic heterocycles. The molecule has 0 bridgehead atoms. The number of ether oxygens (including phenoxy) is 1. The number of hydrogen-bond donors (Lipinski definition) is 0. The van der Waals surface area contributed by atoms with Crippen molar-refractivity contribution < 1.29 is 9.53 Å². The molecule has 5 rings (SSSR count). The van der Waals surface area contributed by atoms with E-state index in [1.165, 1.54) is 5.56 Å². The van der Waals surface area contributed by atoms with Crippen molar-refractivity contribution in [3.8, 4) is 16.9 Å². The first kappa shape index (κ1) is 20.1. The van der Waals surface area contributed by atoms with Crippen LogP contribution in [0.3, 0.4) is 0 Å². The number of Topliss-reactive ketones (excluding diaryl/α,β-unsaturated/α-hetero) is 1. The van der Waals surface area contributed by atoms with Gasteiger partial charge in [-0.25, -0.2) is 0 Å². The van der Waals surface area contributed by atoms with E-state index in [0.29, 0.717) is 24.3 Å². The fourth-order valence-corrected chi connectivity index (χ4v) is 5.93. The molecule has 1 saturated heterocycles. The second kappa shape index (κ2) is 7.10. The van der Waals surface area contributed by atoms with Crippen molar-refractivity contribution in [2.45, 2.75) is 65.1 Å². The third kappa shape index (κ3) is 3.27. The highest BCUT2D eigenvalue weighted by atomic mass is 35.5. The minimum Gasteiger partial charge on any atom is -0.488 e. The van der Waals surface area contributed by atoms with Gasteiger partial charge in [0.25, 0.3) is 0 Å². The number of fused-ring (bicyclic) bond motifs is 4. The van der Waals surface area contributed by atoms with E-state index in [9.17, 15) is 4.79 Å². The molecule has 3 nitrogen and oxygen atoms in total. The van der Waals surface area contributed by atoms with Gasteiger partial charge in [0.15, 0.2) is 5.78 Å². The first-order chi connectivity index (χ1) is 14.2. The smallest absolute Gasteiger partial charge is 0.167 e. The van der Waals surface area contributed by atoms with Crippen molar-refractivity contribution in [3.05, 3.63) is 52.0 Å². The summed E-state index contributed by atoms with van der Waals surface area (Å²) >= 11 is 6.17. The molecule has 4 heteroatoms. The minimum atomic E-state index is 0.0782. The van der Waals surface area contributed by atoms with Gasteiger partial charge in [-0.2, -0.15) is 0 Å². The summed E-state index contributed by atoms with van der Waals surface area (Å²) in [7, 11) is 0. The maximum Gasteiger partial charge on any atom is 0.167 e. The van der Waals surface area contributed by atoms with Crippen molar-refractivity contribution in [2.24, 2.45) is 11.8 Å². The summed E-state index contributed by atoms with van der Waals surface area (Å²) in [6, 6.07) is 10.5. The summed E-state index contributed by atoms with van der Waals surface area (Å²) in [5.41, 5.74) is 5.48. The van der Waals surface area contributed by atoms with E-state index in [0.717, 1.165) is 58.8 Å². The molecule has 2 aromatic carbocycles. The average molecular weight is 424 g/mol. The largest absolute Gasteiger partial charge is 0.488 e. The Bertz CT molecular complexity index is 1020. The van der Waals surface area contributed by atoms with Crippen molar-refractivity contribution in [1.29, 1.82) is 0 Å². The highest BCUT2D eigenvalue weighted by molar-refractivity contribution is 6.30. The van der Waals surface area contributed by atoms with Gasteiger partial charge >= 0.3 is 0 Å². The molecule has 0 radical (unpaired) electrons. The Balaban J connectivity index is 1.50. The molecule has 2 aromatic rings. The molecule has 158 valence electrons. The number of carbonyl (C=O) groups excluding carboxylic acids is 1. The molecule has 1 unspecified atom stereocenters. The average Bonchev–Trinajstić information content (AvgIpc) is 3.09. The molecule has 0 aromatic heterocycles. The van der Waals surface area contributed by atoms with E-state index in [1.807, 2.05) is 18.2 Å². The predicted octanol–water partition coefficient (Wildman–Crippen LogP) is 6.15. The van der Waals surface area contributed by atoms with Crippen molar-refractivity contribution in [3.63, 3.8) is 0 Å². The third-order valence-electron chi connectivity index (χ3n) is 7.15. The quantitative estimate of drug-likeness (QED) is 0.550. The van der Waals surface area contributed by atoms with Gasteiger partial charge in [-0.1, -0.05) is 24.6 Å². The lowest BCUT2D eigenvalue weighted by atomic mass is 9.76. The summed E-state index contributed by atoms with van der Waals surface area (Å²) < 4.78 is 6.05. The third-order valence-corrected chi connectivity index (χ3v) is 7.39. The molecule has 2 heterocycles. The van der Waals surface area contributed by atoms with Crippen LogP contribution in [0.25, 0.3) is 11.1 Å². The van der Waals surface area contributed by atoms with Gasteiger partial charge in [-0.05, 0) is 86.9 Å². The number of halogens is 1. The summed E-state index contributed by atoms with van der Waals surface area (Å²) in [5, 5.41) is 0.728. The SMILES string of the molecule is C[C@H]1C[C@@H](C2CCc3cc4c(cc3C2=O)OCc2cc(Cl)ccc2-4)N(C(C)(C)C)C1. The second-order valence-electron chi connectivity index (χ2n) is 10.3. The molecule has 0 spiro atoms. The normalized spacial score (nSPS) is 26.0. The van der Waals surface area contributed by atoms with Crippen molar-refractivity contribution >= 4 is 17.4 Å². The van der Waals surface area contributed by atoms with Gasteiger partial charge in [-0.15, -0.1) is 0 Å². The van der Waals surface area contributed by atoms with Gasteiger partial charge in [0.05, 0.1) is 0 Å². The molecule has 1 fully saturated rings. The second-order valence-corrected chi connectivity index (χ2v) is 10.8. The lowest BCUT2D eigenvalue weighted by Gasteiger charge is -2.41. The van der Waals surface area contributed by atoms with Crippen LogP contribution in [0.4, 0.5) is 0 Å². The number of aryl methyl sites for hydroxylation is 1. The molecule has 0 amide bonds. The van der Waals surface area contributed by atoms with Gasteiger partial charge in [0.2, 0.25) is 0 Å². The van der Waals surface area contributed by atoms with Gasteiger partial charge in [-0.3, -0.25) is 9.69 Å². The number of rotatable bonds is 1. The lowest BCUT2D eigenvalue weighted by molar-refractivity contribution is 0.0612. The lowest BCUT2D eigenvalue weighted by Crippen LogP contribution is -2.50. The fraction of sp³-hybridized carbons (Fsp3) is 0.500. The monoisotopic (exact) mass is 423 g/mol. The predicted molar refractivity (Wildman–Crippen MR) is 121 cm³/mol. The highest BCUT2D eigenvalue weighted by Gasteiger charge is 2.44. The van der Waals surface area contributed by atoms with Crippen LogP contribution in [0, 0.1) is 11.8 Å². The van der Waals surface area contributed by atoms with Crippen LogP contribution in [-0.4, -0.2) is 28.8 Å². The minimum absolute atomic E-state index is 0.0782. The molecule has 3 atom stereocenters. The van der Waals surface area contributed by atoms with E-state index in [4.69, 9.17) is 16.3 Å². The van der Waals surface area contributed by atoms with E-state index in [2.05, 4.69) is 44.7 Å². The van der Waals surface area contributed by atoms with Gasteiger partial charge in [0, 0.05) is 40.2 Å². The molecular formula is C26H30ClNO2. The maximum absolute atomic E-state index is 13.7. The number of carbonyl (C=O) groups is 1. The van der Waals surface area contributed by atoms with E-state index < -0.39 is 0 Å². The molecular weight excluding hydrogens is 394 g/mol. The van der Waals surface area contributed by atoms with Crippen LogP contribution in [0.15, 0.2) is 30.3 Å². The summed E-state index contributed by atoms with van der Waals surface area (Å²) in [6.45, 7) is 10.7. The Kier molecular flexibility index (Phi) is 4.75. The first-order valence-corrected chi connectivity index (χ1v) is 11.5. The number of hydrogen-bond acceptors (Lipinski definition) is 3. The molecule has 1 aliphatic carbocycles. The summed E-state index contributed by atoms with van der Waals surface area (Å²) in [4.78, 5) is 16.2. The Morgan fingerprint density at radius 3 is 2.63 bits per heavy atom. The Morgan fingerprint density at radius 2 is 1.87 bits per heavy atom. The first-order valence-electron chi connectivity index (χ1n) is 11.1. The van der Waals surface area contributed by atoms with Crippen LogP contribution >= 0.6 is 11.6 Å². The van der Waals surface area contributed by atoms with Crippen molar-refractivity contribution in [1.82, 2.24) is 4.90 Å². The number of benzene rings is 2. The van der Waals surface area contributed by atoms with Crippen LogP contribution < -0.4 is 4.74 Å².